The molecule has 3 aromatic rings. The summed E-state index contributed by atoms with van der Waals surface area (Å²) in [5.74, 6) is -0.496. The van der Waals surface area contributed by atoms with Gasteiger partial charge in [-0.1, -0.05) is 24.8 Å². The van der Waals surface area contributed by atoms with Gasteiger partial charge in [-0.2, -0.15) is 4.37 Å². The lowest BCUT2D eigenvalue weighted by Gasteiger charge is -2.31. The Morgan fingerprint density at radius 2 is 2.05 bits per heavy atom. The van der Waals surface area contributed by atoms with Crippen LogP contribution in [0.3, 0.4) is 0 Å². The zero-order chi connectivity index (χ0) is 26.6. The Morgan fingerprint density at radius 1 is 1.24 bits per heavy atom. The quantitative estimate of drug-likeness (QED) is 0.321. The first kappa shape index (κ1) is 26.3. The lowest BCUT2D eigenvalue weighted by atomic mass is 10.0. The lowest BCUT2D eigenvalue weighted by Crippen LogP contribution is -2.36. The molecule has 1 N–H and O–H groups in total. The van der Waals surface area contributed by atoms with Crippen molar-refractivity contribution in [1.82, 2.24) is 9.36 Å². The second-order valence-corrected chi connectivity index (χ2v) is 10.9. The number of rotatable bonds is 9. The minimum Gasteiger partial charge on any atom is -0.495 e. The Morgan fingerprint density at radius 3 is 2.81 bits per heavy atom. The smallest absolute Gasteiger partial charge is 0.313 e. The fraction of sp³-hybridized carbons (Fsp3) is 0.280. The molecule has 12 heteroatoms. The van der Waals surface area contributed by atoms with Gasteiger partial charge in [-0.05, 0) is 55.2 Å². The number of benzene rings is 2. The van der Waals surface area contributed by atoms with Crippen molar-refractivity contribution in [1.29, 1.82) is 0 Å². The molecule has 10 nitrogen and oxygen atoms in total. The van der Waals surface area contributed by atoms with E-state index in [9.17, 15) is 18.0 Å². The number of sulfonamides is 1. The summed E-state index contributed by atoms with van der Waals surface area (Å²) in [7, 11) is -2.52. The summed E-state index contributed by atoms with van der Waals surface area (Å²) in [6, 6.07) is 9.98. The molecule has 0 saturated heterocycles. The van der Waals surface area contributed by atoms with Gasteiger partial charge in [-0.15, -0.1) is 0 Å². The predicted octanol–water partition coefficient (Wildman–Crippen LogP) is 3.52. The van der Waals surface area contributed by atoms with E-state index >= 15 is 0 Å². The zero-order valence-corrected chi connectivity index (χ0v) is 22.0. The molecule has 0 bridgehead atoms. The van der Waals surface area contributed by atoms with Crippen LogP contribution in [-0.4, -0.2) is 49.9 Å². The molecule has 4 rings (SSSR count). The van der Waals surface area contributed by atoms with Crippen molar-refractivity contribution < 1.29 is 27.5 Å². The fourth-order valence-electron chi connectivity index (χ4n) is 3.91. The average molecular weight is 543 g/mol. The number of hydrogen-bond donors (Lipinski definition) is 1. The second-order valence-electron chi connectivity index (χ2n) is 8.30. The van der Waals surface area contributed by atoms with Crippen LogP contribution in [-0.2, 0) is 32.4 Å². The molecule has 1 aliphatic heterocycles. The van der Waals surface area contributed by atoms with Gasteiger partial charge in [-0.25, -0.2) is 13.4 Å². The van der Waals surface area contributed by atoms with E-state index in [1.54, 1.807) is 36.4 Å². The van der Waals surface area contributed by atoms with E-state index in [0.717, 1.165) is 22.7 Å². The summed E-state index contributed by atoms with van der Waals surface area (Å²) in [4.78, 5) is 29.0. The van der Waals surface area contributed by atoms with E-state index in [2.05, 4.69) is 21.3 Å². The molecular formula is C25H26N4O6S2. The first-order valence-electron chi connectivity index (χ1n) is 11.4. The number of nitrogens with zero attached hydrogens (tertiary/aromatic N) is 3. The topological polar surface area (TPSA) is 128 Å². The van der Waals surface area contributed by atoms with E-state index in [0.29, 0.717) is 18.5 Å². The Hall–Kier alpha value is -3.77. The van der Waals surface area contributed by atoms with Crippen LogP contribution < -0.4 is 14.4 Å². The van der Waals surface area contributed by atoms with Crippen LogP contribution in [0.1, 0.15) is 33.7 Å². The summed E-state index contributed by atoms with van der Waals surface area (Å²) >= 11 is 0.933. The van der Waals surface area contributed by atoms with Crippen molar-refractivity contribution in [3.05, 3.63) is 71.6 Å². The van der Waals surface area contributed by atoms with E-state index in [4.69, 9.17) is 9.47 Å². The monoisotopic (exact) mass is 542 g/mol. The minimum atomic E-state index is -3.95. The van der Waals surface area contributed by atoms with Gasteiger partial charge in [0, 0.05) is 23.6 Å². The van der Waals surface area contributed by atoms with Crippen LogP contribution >= 0.6 is 11.5 Å². The third kappa shape index (κ3) is 5.81. The highest BCUT2D eigenvalue weighted by Crippen LogP contribution is 2.36. The third-order valence-electron chi connectivity index (χ3n) is 5.66. The zero-order valence-electron chi connectivity index (χ0n) is 20.4. The number of anilines is 2. The molecule has 0 unspecified atom stereocenters. The number of ether oxygens (including phenoxy) is 2. The summed E-state index contributed by atoms with van der Waals surface area (Å²) in [6.45, 7) is 5.66. The number of methoxy groups -OCH3 is 1. The number of nitrogens with one attached hydrogen (secondary N) is 1. The highest BCUT2D eigenvalue weighted by molar-refractivity contribution is 7.93. The van der Waals surface area contributed by atoms with Gasteiger partial charge in [0.1, 0.15) is 23.7 Å². The Labute approximate surface area is 219 Å². The molecule has 1 amide bonds. The van der Waals surface area contributed by atoms with Crippen molar-refractivity contribution in [2.45, 2.75) is 31.1 Å². The van der Waals surface area contributed by atoms with Crippen molar-refractivity contribution in [2.75, 3.05) is 29.9 Å². The Balaban J connectivity index is 1.57. The van der Waals surface area contributed by atoms with Crippen LogP contribution in [0.15, 0.2) is 53.9 Å². The van der Waals surface area contributed by atoms with E-state index < -0.39 is 21.9 Å². The van der Waals surface area contributed by atoms with Crippen molar-refractivity contribution in [2.24, 2.45) is 0 Å². The molecule has 37 heavy (non-hydrogen) atoms. The van der Waals surface area contributed by atoms with Crippen LogP contribution in [0.25, 0.3) is 0 Å². The Kier molecular flexibility index (Phi) is 7.89. The first-order valence-corrected chi connectivity index (χ1v) is 13.6. The summed E-state index contributed by atoms with van der Waals surface area (Å²) in [6.07, 6.45) is 2.67. The maximum absolute atomic E-state index is 13.7. The van der Waals surface area contributed by atoms with Crippen molar-refractivity contribution in [3.63, 3.8) is 0 Å². The molecule has 194 valence electrons. The van der Waals surface area contributed by atoms with Crippen molar-refractivity contribution >= 4 is 44.3 Å². The second kappa shape index (κ2) is 11.1. The van der Waals surface area contributed by atoms with Crippen LogP contribution in [0.2, 0.25) is 0 Å². The predicted molar refractivity (Wildman–Crippen MR) is 140 cm³/mol. The maximum Gasteiger partial charge on any atom is 0.313 e. The van der Waals surface area contributed by atoms with E-state index in [1.807, 2.05) is 6.92 Å². The molecule has 1 aliphatic rings. The highest BCUT2D eigenvalue weighted by Gasteiger charge is 2.32. The van der Waals surface area contributed by atoms with Crippen molar-refractivity contribution in [3.8, 4) is 5.75 Å². The average Bonchev–Trinajstić information content (AvgIpc) is 3.32. The number of amides is 1. The normalized spacial score (nSPS) is 13.0. The molecular weight excluding hydrogens is 516 g/mol. The van der Waals surface area contributed by atoms with Gasteiger partial charge in [0.15, 0.2) is 5.82 Å². The van der Waals surface area contributed by atoms with E-state index in [-0.39, 0.29) is 46.7 Å². The van der Waals surface area contributed by atoms with Crippen LogP contribution in [0, 0.1) is 6.92 Å². The largest absolute Gasteiger partial charge is 0.495 e. The van der Waals surface area contributed by atoms with Gasteiger partial charge in [0.2, 0.25) is 5.13 Å². The first-order chi connectivity index (χ1) is 17.7. The fourth-order valence-corrected chi connectivity index (χ4v) is 6.27. The van der Waals surface area contributed by atoms with Gasteiger partial charge in [-0.3, -0.25) is 19.2 Å². The van der Waals surface area contributed by atoms with Gasteiger partial charge >= 0.3 is 5.97 Å². The molecule has 0 saturated carbocycles. The van der Waals surface area contributed by atoms with Gasteiger partial charge < -0.3 is 9.47 Å². The number of carbonyl (C=O) groups excluding carboxylic acids is 2. The van der Waals surface area contributed by atoms with Crippen LogP contribution in [0.4, 0.5) is 10.8 Å². The molecule has 0 radical (unpaired) electrons. The minimum absolute atomic E-state index is 0.0747. The van der Waals surface area contributed by atoms with E-state index in [1.165, 1.54) is 17.5 Å². The lowest BCUT2D eigenvalue weighted by molar-refractivity contribution is -0.141. The summed E-state index contributed by atoms with van der Waals surface area (Å²) in [5.41, 5.74) is 2.33. The number of esters is 1. The maximum atomic E-state index is 13.7. The highest BCUT2D eigenvalue weighted by atomic mass is 32.2. The molecule has 1 aromatic heterocycles. The molecule has 0 atom stereocenters. The van der Waals surface area contributed by atoms with Gasteiger partial charge in [0.25, 0.3) is 15.9 Å². The molecule has 2 aromatic carbocycles. The number of aryl methyl sites for hydroxylation is 2. The van der Waals surface area contributed by atoms with Gasteiger partial charge in [0.05, 0.1) is 12.8 Å². The molecule has 2 heterocycles. The third-order valence-corrected chi connectivity index (χ3v) is 8.17. The SMILES string of the molecule is C=CCOC(=O)Cc1nsc(NC(=O)c2ccc3c(c2)N(S(=O)(=O)c2cc(C)ccc2OC)CCC3)n1. The summed E-state index contributed by atoms with van der Waals surface area (Å²) < 4.78 is 43.0. The van der Waals surface area contributed by atoms with Crippen LogP contribution in [0.5, 0.6) is 5.75 Å². The number of hydrogen-bond acceptors (Lipinski definition) is 9. The molecule has 0 spiro atoms. The Bertz CT molecular complexity index is 1450. The standard InChI is InChI=1S/C25H26N4O6S2/c1-4-12-35-23(30)15-22-26-25(36-28-22)27-24(31)18-9-8-17-6-5-11-29(19(17)14-18)37(32,33)21-13-16(2)7-10-20(21)34-3/h4,7-10,13-14H,1,5-6,11-12,15H2,2-3H3,(H,26,27,28,31). The number of fused-ring (bicyclic) bond motifs is 1. The molecule has 0 fully saturated rings. The number of carbonyl (C=O) groups is 2. The molecule has 0 aliphatic carbocycles. The number of aromatic nitrogens is 2. The summed E-state index contributed by atoms with van der Waals surface area (Å²) in [5, 5.41) is 2.87.